The summed E-state index contributed by atoms with van der Waals surface area (Å²) < 4.78 is 16.0. The number of carbonyl (C=O) groups excluding carboxylic acids is 4. The van der Waals surface area contributed by atoms with Gasteiger partial charge in [-0.1, -0.05) is 0 Å². The highest BCUT2D eigenvalue weighted by atomic mass is 16.7. The van der Waals surface area contributed by atoms with Crippen molar-refractivity contribution >= 4 is 23.5 Å². The molecule has 10 nitrogen and oxygen atoms in total. The van der Waals surface area contributed by atoms with Gasteiger partial charge in [0.1, 0.15) is 18.2 Å². The van der Waals surface area contributed by atoms with Crippen molar-refractivity contribution in [1.29, 1.82) is 0 Å². The molecule has 4 aliphatic rings. The summed E-state index contributed by atoms with van der Waals surface area (Å²) in [6.07, 6.45) is 4.14. The van der Waals surface area contributed by atoms with Gasteiger partial charge < -0.3 is 28.9 Å². The topological polar surface area (TPSA) is 106 Å². The zero-order chi connectivity index (χ0) is 23.0. The quantitative estimate of drug-likeness (QED) is 0.394. The van der Waals surface area contributed by atoms with Gasteiger partial charge in [0.05, 0.1) is 18.6 Å². The van der Waals surface area contributed by atoms with Crippen molar-refractivity contribution < 1.29 is 33.4 Å². The normalized spacial score (nSPS) is 29.5. The van der Waals surface area contributed by atoms with E-state index in [1.807, 2.05) is 0 Å². The summed E-state index contributed by atoms with van der Waals surface area (Å²) in [5.74, 6) is -1.58. The molecule has 0 radical (unpaired) electrons. The Labute approximate surface area is 188 Å². The van der Waals surface area contributed by atoms with E-state index in [-0.39, 0.29) is 43.5 Å². The average Bonchev–Trinajstić information content (AvgIpc) is 3.31. The molecule has 4 rings (SSSR count). The summed E-state index contributed by atoms with van der Waals surface area (Å²) in [6.45, 7) is 0.480. The van der Waals surface area contributed by atoms with Crippen LogP contribution in [0.2, 0.25) is 0 Å². The van der Waals surface area contributed by atoms with Crippen molar-refractivity contribution in [3.8, 4) is 0 Å². The van der Waals surface area contributed by atoms with Crippen molar-refractivity contribution in [1.82, 2.24) is 14.7 Å². The maximum absolute atomic E-state index is 13.5. The smallest absolute Gasteiger partial charge is 0.294 e. The van der Waals surface area contributed by atoms with E-state index >= 15 is 0 Å². The van der Waals surface area contributed by atoms with Gasteiger partial charge in [0.25, 0.3) is 11.7 Å². The van der Waals surface area contributed by atoms with Crippen LogP contribution in [0.3, 0.4) is 0 Å². The molecule has 2 bridgehead atoms. The average molecular weight is 452 g/mol. The molecule has 3 atom stereocenters. The maximum atomic E-state index is 13.5. The van der Waals surface area contributed by atoms with E-state index in [4.69, 9.17) is 14.2 Å². The minimum absolute atomic E-state index is 0.0331. The molecule has 0 spiro atoms. The Morgan fingerprint density at radius 1 is 1.03 bits per heavy atom. The lowest BCUT2D eigenvalue weighted by Crippen LogP contribution is -2.75. The van der Waals surface area contributed by atoms with Gasteiger partial charge in [-0.2, -0.15) is 0 Å². The van der Waals surface area contributed by atoms with Crippen LogP contribution in [0.25, 0.3) is 0 Å². The third-order valence-corrected chi connectivity index (χ3v) is 7.69. The lowest BCUT2D eigenvalue weighted by atomic mass is 9.82. The number of piperidine rings is 1. The van der Waals surface area contributed by atoms with E-state index in [1.54, 1.807) is 9.80 Å². The van der Waals surface area contributed by atoms with Crippen molar-refractivity contribution in [3.05, 3.63) is 0 Å². The summed E-state index contributed by atoms with van der Waals surface area (Å²) in [4.78, 5) is 57.6. The number of hydrogen-bond donors (Lipinski definition) is 0. The molecule has 0 aromatic rings. The summed E-state index contributed by atoms with van der Waals surface area (Å²) >= 11 is 0. The van der Waals surface area contributed by atoms with Gasteiger partial charge in [-0.25, -0.2) is 0 Å². The van der Waals surface area contributed by atoms with Crippen LogP contribution in [-0.2, 0) is 33.4 Å². The zero-order valence-corrected chi connectivity index (χ0v) is 19.1. The summed E-state index contributed by atoms with van der Waals surface area (Å²) in [5, 5.41) is 0. The molecule has 1 saturated carbocycles. The second kappa shape index (κ2) is 9.07. The number of carbonyl (C=O) groups is 4. The number of ether oxygens (including phenoxy) is 3. The standard InChI is InChI=1S/C22H33N3O7/c1-30-18(31-2)13-23-11-16-14-7-6-8-15(20(28)24(16)12-17(23)26)25(14)21(29)19(27)22(32-3)9-4-5-10-22/h14-16,18H,4-13H2,1-3H3/t14-,15+,16+/m0/s1. The summed E-state index contributed by atoms with van der Waals surface area (Å²) in [7, 11) is 4.49. The Morgan fingerprint density at radius 2 is 1.72 bits per heavy atom. The van der Waals surface area contributed by atoms with E-state index in [2.05, 4.69) is 0 Å². The Hall–Kier alpha value is -2.04. The van der Waals surface area contributed by atoms with Crippen LogP contribution in [0.15, 0.2) is 0 Å². The first-order valence-electron chi connectivity index (χ1n) is 11.4. The summed E-state index contributed by atoms with van der Waals surface area (Å²) in [6, 6.07) is -1.36. The molecule has 3 heterocycles. The van der Waals surface area contributed by atoms with Gasteiger partial charge in [0, 0.05) is 27.9 Å². The van der Waals surface area contributed by atoms with Crippen molar-refractivity contribution in [2.75, 3.05) is 41.0 Å². The van der Waals surface area contributed by atoms with Gasteiger partial charge in [-0.3, -0.25) is 19.2 Å². The van der Waals surface area contributed by atoms with Gasteiger partial charge >= 0.3 is 0 Å². The lowest BCUT2D eigenvalue weighted by Gasteiger charge is -2.56. The van der Waals surface area contributed by atoms with Crippen LogP contribution in [-0.4, -0.2) is 109 Å². The van der Waals surface area contributed by atoms with Crippen LogP contribution < -0.4 is 0 Å². The fraction of sp³-hybridized carbons (Fsp3) is 0.818. The number of ketones is 1. The molecule has 0 unspecified atom stereocenters. The fourth-order valence-electron chi connectivity index (χ4n) is 5.88. The molecule has 0 N–H and O–H groups in total. The third-order valence-electron chi connectivity index (χ3n) is 7.69. The van der Waals surface area contributed by atoms with Crippen molar-refractivity contribution in [3.63, 3.8) is 0 Å². The predicted molar refractivity (Wildman–Crippen MR) is 111 cm³/mol. The van der Waals surface area contributed by atoms with Crippen LogP contribution in [0, 0.1) is 0 Å². The Kier molecular flexibility index (Phi) is 6.56. The Balaban J connectivity index is 1.59. The zero-order valence-electron chi connectivity index (χ0n) is 19.1. The minimum atomic E-state index is -1.08. The number of piperazine rings is 2. The first-order chi connectivity index (χ1) is 15.4. The molecule has 10 heteroatoms. The maximum Gasteiger partial charge on any atom is 0.294 e. The fourth-order valence-corrected chi connectivity index (χ4v) is 5.88. The molecule has 3 amide bonds. The number of fused-ring (bicyclic) bond motifs is 4. The van der Waals surface area contributed by atoms with Gasteiger partial charge in [0.15, 0.2) is 6.29 Å². The number of nitrogens with zero attached hydrogens (tertiary/aromatic N) is 3. The van der Waals surface area contributed by atoms with Gasteiger partial charge in [-0.15, -0.1) is 0 Å². The molecule has 1 aliphatic carbocycles. The molecule has 3 saturated heterocycles. The molecule has 0 aromatic carbocycles. The number of hydrogen-bond acceptors (Lipinski definition) is 7. The first kappa shape index (κ1) is 23.1. The van der Waals surface area contributed by atoms with Gasteiger partial charge in [-0.05, 0) is 44.9 Å². The highest BCUT2D eigenvalue weighted by molar-refractivity contribution is 6.39. The number of amides is 3. The number of Topliss-reactive ketones (excluding diaryl/α,β-unsaturated/α-hetero) is 1. The van der Waals surface area contributed by atoms with Crippen LogP contribution >= 0.6 is 0 Å². The third kappa shape index (κ3) is 3.72. The molecule has 178 valence electrons. The van der Waals surface area contributed by atoms with Crippen molar-refractivity contribution in [2.45, 2.75) is 75.0 Å². The first-order valence-corrected chi connectivity index (χ1v) is 11.4. The molecule has 3 aliphatic heterocycles. The molecule has 4 fully saturated rings. The monoisotopic (exact) mass is 451 g/mol. The number of rotatable bonds is 7. The molecular weight excluding hydrogens is 418 g/mol. The highest BCUT2D eigenvalue weighted by Crippen LogP contribution is 2.39. The van der Waals surface area contributed by atoms with Crippen LogP contribution in [0.4, 0.5) is 0 Å². The molecular formula is C22H33N3O7. The van der Waals surface area contributed by atoms with Crippen LogP contribution in [0.5, 0.6) is 0 Å². The van der Waals surface area contributed by atoms with E-state index in [1.165, 1.54) is 26.2 Å². The van der Waals surface area contributed by atoms with Crippen molar-refractivity contribution in [2.24, 2.45) is 0 Å². The van der Waals surface area contributed by atoms with E-state index in [0.717, 1.165) is 19.3 Å². The van der Waals surface area contributed by atoms with Gasteiger partial charge in [0.2, 0.25) is 11.8 Å². The van der Waals surface area contributed by atoms with E-state index in [0.29, 0.717) is 25.7 Å². The second-order valence-electron chi connectivity index (χ2n) is 9.19. The number of methoxy groups -OCH3 is 3. The van der Waals surface area contributed by atoms with E-state index in [9.17, 15) is 19.2 Å². The largest absolute Gasteiger partial charge is 0.370 e. The molecule has 32 heavy (non-hydrogen) atoms. The Bertz CT molecular complexity index is 777. The second-order valence-corrected chi connectivity index (χ2v) is 9.19. The van der Waals surface area contributed by atoms with Crippen LogP contribution in [0.1, 0.15) is 44.9 Å². The lowest BCUT2D eigenvalue weighted by molar-refractivity contribution is -0.181. The Morgan fingerprint density at radius 3 is 2.34 bits per heavy atom. The summed E-state index contributed by atoms with van der Waals surface area (Å²) in [5.41, 5.74) is -1.08. The predicted octanol–water partition coefficient (Wildman–Crippen LogP) is -0.0637. The highest BCUT2D eigenvalue weighted by Gasteiger charge is 2.56. The SMILES string of the molecule is COC(CN1C[C@@H]2[C@@H]3CCC[C@H](C(=O)N2CC1=O)N3C(=O)C(=O)C1(OC)CCCC1)OC. The van der Waals surface area contributed by atoms with E-state index < -0.39 is 29.6 Å². The minimum Gasteiger partial charge on any atom is -0.370 e. The molecule has 0 aromatic heterocycles.